The number of benzene rings is 1. The molecule has 1 aromatic carbocycles. The van der Waals surface area contributed by atoms with Gasteiger partial charge in [0.05, 0.1) is 5.92 Å². The minimum Gasteiger partial charge on any atom is -0.355 e. The number of aryl methyl sites for hydroxylation is 1. The summed E-state index contributed by atoms with van der Waals surface area (Å²) in [5.74, 6) is 0.523. The summed E-state index contributed by atoms with van der Waals surface area (Å²) in [5, 5.41) is 3.03. The van der Waals surface area contributed by atoms with Crippen molar-refractivity contribution in [1.82, 2.24) is 5.32 Å². The van der Waals surface area contributed by atoms with Gasteiger partial charge in [-0.05, 0) is 42.9 Å². The molecule has 0 saturated carbocycles. The van der Waals surface area contributed by atoms with Crippen molar-refractivity contribution in [1.29, 1.82) is 0 Å². The molecule has 0 spiro atoms. The van der Waals surface area contributed by atoms with Gasteiger partial charge in [-0.25, -0.2) is 0 Å². The molecule has 1 aromatic rings. The van der Waals surface area contributed by atoms with Crippen molar-refractivity contribution in [3.05, 3.63) is 35.4 Å². The van der Waals surface area contributed by atoms with E-state index in [2.05, 4.69) is 30.4 Å². The average molecular weight is 283 g/mol. The highest BCUT2D eigenvalue weighted by Crippen LogP contribution is 2.31. The van der Waals surface area contributed by atoms with Crippen molar-refractivity contribution in [3.8, 4) is 0 Å². The SMILES string of the molecule is CC(CN)CNC(=O)C1CCCc2ccccc21.Cl. The standard InChI is InChI=1S/C15H22N2O.ClH/c1-11(9-16)10-17-15(18)14-8-4-6-12-5-2-3-7-13(12)14;/h2-3,5,7,11,14H,4,6,8-10,16H2,1H3,(H,17,18);1H. The summed E-state index contributed by atoms with van der Waals surface area (Å²) in [4.78, 5) is 12.2. The van der Waals surface area contributed by atoms with Gasteiger partial charge in [0.1, 0.15) is 0 Å². The van der Waals surface area contributed by atoms with Crippen LogP contribution in [0.3, 0.4) is 0 Å². The van der Waals surface area contributed by atoms with Gasteiger partial charge < -0.3 is 11.1 Å². The quantitative estimate of drug-likeness (QED) is 0.890. The summed E-state index contributed by atoms with van der Waals surface area (Å²) in [6.45, 7) is 3.34. The van der Waals surface area contributed by atoms with Gasteiger partial charge in [-0.3, -0.25) is 4.79 Å². The number of carbonyl (C=O) groups is 1. The van der Waals surface area contributed by atoms with Crippen LogP contribution < -0.4 is 11.1 Å². The summed E-state index contributed by atoms with van der Waals surface area (Å²) in [5.41, 5.74) is 8.10. The van der Waals surface area contributed by atoms with Gasteiger partial charge >= 0.3 is 0 Å². The van der Waals surface area contributed by atoms with Crippen molar-refractivity contribution < 1.29 is 4.79 Å². The highest BCUT2D eigenvalue weighted by molar-refractivity contribution is 5.85. The van der Waals surface area contributed by atoms with Crippen LogP contribution in [-0.4, -0.2) is 19.0 Å². The first kappa shape index (κ1) is 16.0. The zero-order valence-corrected chi connectivity index (χ0v) is 12.2. The van der Waals surface area contributed by atoms with Crippen LogP contribution in [0, 0.1) is 5.92 Å². The molecule has 2 rings (SSSR count). The molecule has 2 atom stereocenters. The van der Waals surface area contributed by atoms with Crippen LogP contribution in [-0.2, 0) is 11.2 Å². The van der Waals surface area contributed by atoms with Crippen LogP contribution in [0.15, 0.2) is 24.3 Å². The molecule has 0 saturated heterocycles. The lowest BCUT2D eigenvalue weighted by Gasteiger charge is -2.25. The molecule has 0 bridgehead atoms. The minimum atomic E-state index is 0. The van der Waals surface area contributed by atoms with Gasteiger partial charge in [0, 0.05) is 6.54 Å². The van der Waals surface area contributed by atoms with E-state index in [1.165, 1.54) is 11.1 Å². The molecule has 1 aliphatic rings. The Morgan fingerprint density at radius 1 is 1.47 bits per heavy atom. The third-order valence-corrected chi connectivity index (χ3v) is 3.71. The summed E-state index contributed by atoms with van der Waals surface area (Å²) < 4.78 is 0. The molecule has 0 fully saturated rings. The number of hydrogen-bond donors (Lipinski definition) is 2. The molecule has 0 aromatic heterocycles. The number of fused-ring (bicyclic) bond motifs is 1. The molecule has 4 heteroatoms. The number of nitrogens with one attached hydrogen (secondary N) is 1. The molecule has 1 amide bonds. The fourth-order valence-electron chi connectivity index (χ4n) is 2.51. The first-order chi connectivity index (χ1) is 8.72. The lowest BCUT2D eigenvalue weighted by atomic mass is 9.82. The normalized spacial score (nSPS) is 18.9. The second kappa shape index (κ2) is 7.51. The average Bonchev–Trinajstić information content (AvgIpc) is 2.43. The second-order valence-electron chi connectivity index (χ2n) is 5.23. The van der Waals surface area contributed by atoms with Crippen molar-refractivity contribution in [2.24, 2.45) is 11.7 Å². The molecule has 2 unspecified atom stereocenters. The largest absolute Gasteiger partial charge is 0.355 e. The predicted octanol–water partition coefficient (Wildman–Crippen LogP) is 2.24. The van der Waals surface area contributed by atoms with E-state index < -0.39 is 0 Å². The Bertz CT molecular complexity index is 422. The van der Waals surface area contributed by atoms with E-state index in [4.69, 9.17) is 5.73 Å². The predicted molar refractivity (Wildman–Crippen MR) is 80.6 cm³/mol. The zero-order valence-electron chi connectivity index (χ0n) is 11.4. The van der Waals surface area contributed by atoms with E-state index in [1.54, 1.807) is 0 Å². The van der Waals surface area contributed by atoms with Crippen molar-refractivity contribution in [2.75, 3.05) is 13.1 Å². The maximum absolute atomic E-state index is 12.2. The number of halogens is 1. The fraction of sp³-hybridized carbons (Fsp3) is 0.533. The summed E-state index contributed by atoms with van der Waals surface area (Å²) in [7, 11) is 0. The Kier molecular flexibility index (Phi) is 6.32. The van der Waals surface area contributed by atoms with E-state index in [0.717, 1.165) is 19.3 Å². The van der Waals surface area contributed by atoms with Crippen LogP contribution in [0.1, 0.15) is 36.8 Å². The van der Waals surface area contributed by atoms with Gasteiger partial charge in [-0.15, -0.1) is 12.4 Å². The Morgan fingerprint density at radius 3 is 2.95 bits per heavy atom. The first-order valence-electron chi connectivity index (χ1n) is 6.78. The highest BCUT2D eigenvalue weighted by Gasteiger charge is 2.25. The summed E-state index contributed by atoms with van der Waals surface area (Å²) in [6.07, 6.45) is 3.15. The summed E-state index contributed by atoms with van der Waals surface area (Å²) >= 11 is 0. The van der Waals surface area contributed by atoms with E-state index in [9.17, 15) is 4.79 Å². The van der Waals surface area contributed by atoms with E-state index in [0.29, 0.717) is 19.0 Å². The highest BCUT2D eigenvalue weighted by atomic mass is 35.5. The first-order valence-corrected chi connectivity index (χ1v) is 6.78. The molecule has 3 nitrogen and oxygen atoms in total. The van der Waals surface area contributed by atoms with Crippen molar-refractivity contribution >= 4 is 18.3 Å². The van der Waals surface area contributed by atoms with Gasteiger partial charge in [0.2, 0.25) is 5.91 Å². The number of carbonyl (C=O) groups excluding carboxylic acids is 1. The van der Waals surface area contributed by atoms with Crippen LogP contribution >= 0.6 is 12.4 Å². The van der Waals surface area contributed by atoms with Crippen molar-refractivity contribution in [2.45, 2.75) is 32.1 Å². The van der Waals surface area contributed by atoms with E-state index >= 15 is 0 Å². The zero-order chi connectivity index (χ0) is 13.0. The molecule has 1 aliphatic carbocycles. The Balaban J connectivity index is 0.00000180. The maximum Gasteiger partial charge on any atom is 0.227 e. The molecule has 0 radical (unpaired) electrons. The molecule has 19 heavy (non-hydrogen) atoms. The van der Waals surface area contributed by atoms with Crippen molar-refractivity contribution in [3.63, 3.8) is 0 Å². The summed E-state index contributed by atoms with van der Waals surface area (Å²) in [6, 6.07) is 8.30. The molecule has 0 aliphatic heterocycles. The van der Waals surface area contributed by atoms with E-state index in [-0.39, 0.29) is 24.2 Å². The maximum atomic E-state index is 12.2. The van der Waals surface area contributed by atoms with Crippen LogP contribution in [0.25, 0.3) is 0 Å². The van der Waals surface area contributed by atoms with Crippen LogP contribution in [0.4, 0.5) is 0 Å². The number of amides is 1. The molecule has 106 valence electrons. The van der Waals surface area contributed by atoms with Crippen LogP contribution in [0.2, 0.25) is 0 Å². The molecule has 3 N–H and O–H groups in total. The van der Waals surface area contributed by atoms with Gasteiger partial charge in [0.25, 0.3) is 0 Å². The lowest BCUT2D eigenvalue weighted by molar-refractivity contribution is -0.123. The monoisotopic (exact) mass is 282 g/mol. The molecular weight excluding hydrogens is 260 g/mol. The Hall–Kier alpha value is -1.06. The number of nitrogens with two attached hydrogens (primary N) is 1. The van der Waals surface area contributed by atoms with Gasteiger partial charge in [0.15, 0.2) is 0 Å². The Labute approximate surface area is 121 Å². The molecular formula is C15H23ClN2O. The van der Waals surface area contributed by atoms with Gasteiger partial charge in [-0.2, -0.15) is 0 Å². The number of hydrogen-bond acceptors (Lipinski definition) is 2. The van der Waals surface area contributed by atoms with E-state index in [1.807, 2.05) is 6.07 Å². The third-order valence-electron chi connectivity index (χ3n) is 3.71. The topological polar surface area (TPSA) is 55.1 Å². The third kappa shape index (κ3) is 3.95. The smallest absolute Gasteiger partial charge is 0.227 e. The minimum absolute atomic E-state index is 0. The number of rotatable bonds is 4. The lowest BCUT2D eigenvalue weighted by Crippen LogP contribution is -2.35. The second-order valence-corrected chi connectivity index (χ2v) is 5.23. The van der Waals surface area contributed by atoms with Gasteiger partial charge in [-0.1, -0.05) is 31.2 Å². The fourth-order valence-corrected chi connectivity index (χ4v) is 2.51. The van der Waals surface area contributed by atoms with Crippen LogP contribution in [0.5, 0.6) is 0 Å². The molecule has 0 heterocycles. The Morgan fingerprint density at radius 2 is 2.21 bits per heavy atom.